The van der Waals surface area contributed by atoms with Gasteiger partial charge < -0.3 is 10.1 Å². The Balaban J connectivity index is 1.91. The van der Waals surface area contributed by atoms with Crippen LogP contribution in [0.5, 0.6) is 0 Å². The quantitative estimate of drug-likeness (QED) is 0.741. The average Bonchev–Trinajstić information content (AvgIpc) is 3.01. The zero-order valence-electron chi connectivity index (χ0n) is 14.5. The monoisotopic (exact) mass is 296 g/mol. The first-order valence-corrected chi connectivity index (χ1v) is 9.24. The van der Waals surface area contributed by atoms with Crippen molar-refractivity contribution in [3.05, 3.63) is 0 Å². The van der Waals surface area contributed by atoms with Crippen LogP contribution in [0.4, 0.5) is 0 Å². The zero-order valence-corrected chi connectivity index (χ0v) is 14.5. The molecule has 2 rings (SSSR count). The van der Waals surface area contributed by atoms with Crippen molar-refractivity contribution >= 4 is 0 Å². The van der Waals surface area contributed by atoms with Crippen molar-refractivity contribution in [1.29, 1.82) is 0 Å². The second-order valence-electron chi connectivity index (χ2n) is 7.42. The van der Waals surface area contributed by atoms with Crippen LogP contribution in [0.15, 0.2) is 0 Å². The number of likely N-dealkylation sites (tertiary alicyclic amines) is 1. The fourth-order valence-electron chi connectivity index (χ4n) is 3.94. The van der Waals surface area contributed by atoms with E-state index >= 15 is 0 Å². The fourth-order valence-corrected chi connectivity index (χ4v) is 3.94. The summed E-state index contributed by atoms with van der Waals surface area (Å²) in [6.07, 6.45) is 10.9. The highest BCUT2D eigenvalue weighted by atomic mass is 16.5. The Morgan fingerprint density at radius 2 is 1.95 bits per heavy atom. The van der Waals surface area contributed by atoms with Gasteiger partial charge in [-0.3, -0.25) is 4.90 Å². The number of piperidine rings is 1. The van der Waals surface area contributed by atoms with Crippen LogP contribution in [0, 0.1) is 0 Å². The lowest BCUT2D eigenvalue weighted by molar-refractivity contribution is 0.0466. The van der Waals surface area contributed by atoms with Gasteiger partial charge in [-0.2, -0.15) is 0 Å². The lowest BCUT2D eigenvalue weighted by Crippen LogP contribution is -2.59. The average molecular weight is 296 g/mol. The molecule has 2 saturated heterocycles. The summed E-state index contributed by atoms with van der Waals surface area (Å²) in [4.78, 5) is 2.72. The van der Waals surface area contributed by atoms with Crippen molar-refractivity contribution in [2.45, 2.75) is 89.8 Å². The van der Waals surface area contributed by atoms with Gasteiger partial charge >= 0.3 is 0 Å². The molecule has 0 spiro atoms. The molecule has 2 atom stereocenters. The van der Waals surface area contributed by atoms with E-state index in [1.165, 1.54) is 64.5 Å². The third kappa shape index (κ3) is 4.94. The van der Waals surface area contributed by atoms with Gasteiger partial charge in [0, 0.05) is 18.2 Å². The zero-order chi connectivity index (χ0) is 15.1. The molecule has 2 heterocycles. The first kappa shape index (κ1) is 17.2. The molecule has 2 unspecified atom stereocenters. The van der Waals surface area contributed by atoms with Gasteiger partial charge in [0.2, 0.25) is 0 Å². The van der Waals surface area contributed by atoms with Crippen molar-refractivity contribution in [2.75, 3.05) is 26.2 Å². The number of hydrogen-bond donors (Lipinski definition) is 1. The molecule has 0 aromatic heterocycles. The van der Waals surface area contributed by atoms with Crippen molar-refractivity contribution < 1.29 is 4.74 Å². The molecule has 0 amide bonds. The summed E-state index contributed by atoms with van der Waals surface area (Å²) in [7, 11) is 0. The van der Waals surface area contributed by atoms with Crippen LogP contribution in [-0.4, -0.2) is 48.8 Å². The van der Waals surface area contributed by atoms with Crippen LogP contribution in [-0.2, 0) is 4.74 Å². The van der Waals surface area contributed by atoms with Gasteiger partial charge in [0.25, 0.3) is 0 Å². The SMILES string of the molecule is CCCNC(CCC1CCCO1)C(C)(C)N1CCCCC1. The Morgan fingerprint density at radius 1 is 1.19 bits per heavy atom. The maximum Gasteiger partial charge on any atom is 0.0576 e. The third-order valence-electron chi connectivity index (χ3n) is 5.47. The number of rotatable bonds is 8. The molecule has 0 aromatic rings. The molecule has 1 N–H and O–H groups in total. The minimum absolute atomic E-state index is 0.258. The van der Waals surface area contributed by atoms with Gasteiger partial charge in [-0.1, -0.05) is 13.3 Å². The van der Waals surface area contributed by atoms with Crippen LogP contribution >= 0.6 is 0 Å². The highest BCUT2D eigenvalue weighted by molar-refractivity contribution is 4.95. The van der Waals surface area contributed by atoms with E-state index in [-0.39, 0.29) is 5.54 Å². The first-order valence-electron chi connectivity index (χ1n) is 9.24. The van der Waals surface area contributed by atoms with Crippen LogP contribution in [0.2, 0.25) is 0 Å². The van der Waals surface area contributed by atoms with Gasteiger partial charge in [0.1, 0.15) is 0 Å². The molecule has 0 radical (unpaired) electrons. The molecule has 3 heteroatoms. The lowest BCUT2D eigenvalue weighted by Gasteiger charge is -2.46. The summed E-state index contributed by atoms with van der Waals surface area (Å²) in [6.45, 7) is 11.8. The molecule has 0 bridgehead atoms. The summed E-state index contributed by atoms with van der Waals surface area (Å²) in [5.41, 5.74) is 0.258. The minimum Gasteiger partial charge on any atom is -0.378 e. The summed E-state index contributed by atoms with van der Waals surface area (Å²) in [6, 6.07) is 0.583. The minimum atomic E-state index is 0.258. The Kier molecular flexibility index (Phi) is 6.97. The molecule has 2 aliphatic rings. The number of nitrogens with zero attached hydrogens (tertiary/aromatic N) is 1. The maximum atomic E-state index is 5.82. The Labute approximate surface area is 131 Å². The fraction of sp³-hybridized carbons (Fsp3) is 1.00. The van der Waals surface area contributed by atoms with E-state index < -0.39 is 0 Å². The Bertz CT molecular complexity index is 281. The summed E-state index contributed by atoms with van der Waals surface area (Å²) >= 11 is 0. The van der Waals surface area contributed by atoms with Crippen LogP contribution < -0.4 is 5.32 Å². The van der Waals surface area contributed by atoms with E-state index in [0.29, 0.717) is 12.1 Å². The van der Waals surface area contributed by atoms with E-state index in [1.54, 1.807) is 0 Å². The predicted molar refractivity (Wildman–Crippen MR) is 89.8 cm³/mol. The molecule has 2 fully saturated rings. The van der Waals surface area contributed by atoms with E-state index in [2.05, 4.69) is 31.0 Å². The molecular weight excluding hydrogens is 260 g/mol. The van der Waals surface area contributed by atoms with Crippen LogP contribution in [0.25, 0.3) is 0 Å². The van der Waals surface area contributed by atoms with Gasteiger partial charge in [-0.05, 0) is 78.4 Å². The van der Waals surface area contributed by atoms with E-state index in [4.69, 9.17) is 4.74 Å². The highest BCUT2D eigenvalue weighted by Crippen LogP contribution is 2.28. The second kappa shape index (κ2) is 8.50. The van der Waals surface area contributed by atoms with Crippen molar-refractivity contribution in [3.8, 4) is 0 Å². The first-order chi connectivity index (χ1) is 10.1. The Morgan fingerprint density at radius 3 is 2.57 bits per heavy atom. The van der Waals surface area contributed by atoms with Gasteiger partial charge in [-0.25, -0.2) is 0 Å². The maximum absolute atomic E-state index is 5.82. The standard InChI is InChI=1S/C18H36N2O/c1-4-12-19-17(11-10-16-9-8-15-21-16)18(2,3)20-13-6-5-7-14-20/h16-17,19H,4-15H2,1-3H3. The molecule has 124 valence electrons. The number of nitrogens with one attached hydrogen (secondary N) is 1. The predicted octanol–water partition coefficient (Wildman–Crippen LogP) is 3.58. The molecule has 2 aliphatic heterocycles. The highest BCUT2D eigenvalue weighted by Gasteiger charge is 2.35. The number of ether oxygens (including phenoxy) is 1. The topological polar surface area (TPSA) is 24.5 Å². The van der Waals surface area contributed by atoms with E-state index in [1.807, 2.05) is 0 Å². The van der Waals surface area contributed by atoms with E-state index in [9.17, 15) is 0 Å². The molecule has 0 saturated carbocycles. The molecule has 0 aromatic carbocycles. The van der Waals surface area contributed by atoms with Crippen molar-refractivity contribution in [1.82, 2.24) is 10.2 Å². The second-order valence-corrected chi connectivity index (χ2v) is 7.42. The molecule has 3 nitrogen and oxygen atoms in total. The third-order valence-corrected chi connectivity index (χ3v) is 5.47. The summed E-state index contributed by atoms with van der Waals surface area (Å²) in [5, 5.41) is 3.83. The summed E-state index contributed by atoms with van der Waals surface area (Å²) < 4.78 is 5.82. The normalized spacial score (nSPS) is 26.1. The smallest absolute Gasteiger partial charge is 0.0576 e. The van der Waals surface area contributed by atoms with Crippen LogP contribution in [0.3, 0.4) is 0 Å². The van der Waals surface area contributed by atoms with Gasteiger partial charge in [-0.15, -0.1) is 0 Å². The largest absolute Gasteiger partial charge is 0.378 e. The molecule has 21 heavy (non-hydrogen) atoms. The Hall–Kier alpha value is -0.120. The van der Waals surface area contributed by atoms with Gasteiger partial charge in [0.05, 0.1) is 6.10 Å². The number of hydrogen-bond acceptors (Lipinski definition) is 3. The van der Waals surface area contributed by atoms with Crippen LogP contribution in [0.1, 0.15) is 72.1 Å². The van der Waals surface area contributed by atoms with Crippen molar-refractivity contribution in [2.24, 2.45) is 0 Å². The summed E-state index contributed by atoms with van der Waals surface area (Å²) in [5.74, 6) is 0. The van der Waals surface area contributed by atoms with E-state index in [0.717, 1.165) is 13.2 Å². The van der Waals surface area contributed by atoms with Crippen molar-refractivity contribution in [3.63, 3.8) is 0 Å². The lowest BCUT2D eigenvalue weighted by atomic mass is 9.86. The molecule has 0 aliphatic carbocycles. The molecular formula is C18H36N2O. The van der Waals surface area contributed by atoms with Gasteiger partial charge in [0.15, 0.2) is 0 Å².